The van der Waals surface area contributed by atoms with E-state index in [-0.39, 0.29) is 17.6 Å². The van der Waals surface area contributed by atoms with Crippen molar-refractivity contribution >= 4 is 45.9 Å². The zero-order valence-corrected chi connectivity index (χ0v) is 13.1. The fourth-order valence-corrected chi connectivity index (χ4v) is 4.28. The second kappa shape index (κ2) is 5.97. The van der Waals surface area contributed by atoms with Crippen LogP contribution in [0.1, 0.15) is 27.2 Å². The molecule has 0 bridgehead atoms. The van der Waals surface area contributed by atoms with Gasteiger partial charge < -0.3 is 16.8 Å². The van der Waals surface area contributed by atoms with Crippen molar-refractivity contribution in [3.8, 4) is 0 Å². The molecule has 22 heavy (non-hydrogen) atoms. The van der Waals surface area contributed by atoms with Crippen molar-refractivity contribution in [3.05, 3.63) is 16.0 Å². The highest BCUT2D eigenvalue weighted by Gasteiger charge is 2.26. The highest BCUT2D eigenvalue weighted by Crippen LogP contribution is 2.38. The lowest BCUT2D eigenvalue weighted by atomic mass is 10.1. The summed E-state index contributed by atoms with van der Waals surface area (Å²) in [5.74, 6) is -0.411. The first kappa shape index (κ1) is 14.9. The second-order valence-electron chi connectivity index (χ2n) is 4.77. The van der Waals surface area contributed by atoms with Gasteiger partial charge in [-0.25, -0.2) is 5.10 Å². The Kier molecular flexibility index (Phi) is 4.03. The summed E-state index contributed by atoms with van der Waals surface area (Å²) in [4.78, 5) is 28.7. The molecule has 0 fully saturated rings. The molecule has 0 aromatic carbocycles. The number of thioether (sulfide) groups is 1. The summed E-state index contributed by atoms with van der Waals surface area (Å²) in [6, 6.07) is 0. The van der Waals surface area contributed by atoms with Crippen molar-refractivity contribution < 1.29 is 9.59 Å². The van der Waals surface area contributed by atoms with Crippen LogP contribution in [0.25, 0.3) is 0 Å². The van der Waals surface area contributed by atoms with Crippen molar-refractivity contribution in [2.75, 3.05) is 16.8 Å². The third kappa shape index (κ3) is 2.92. The molecule has 0 unspecified atom stereocenters. The number of amides is 2. The Morgan fingerprint density at radius 1 is 1.41 bits per heavy atom. The molecule has 0 radical (unpaired) electrons. The molecule has 10 heteroatoms. The minimum absolute atomic E-state index is 0.123. The Balaban J connectivity index is 1.68. The van der Waals surface area contributed by atoms with Gasteiger partial charge in [0.05, 0.1) is 11.3 Å². The molecule has 2 aromatic heterocycles. The predicted molar refractivity (Wildman–Crippen MR) is 85.0 cm³/mol. The summed E-state index contributed by atoms with van der Waals surface area (Å²) in [7, 11) is 0. The van der Waals surface area contributed by atoms with Gasteiger partial charge in [-0.3, -0.25) is 9.59 Å². The van der Waals surface area contributed by atoms with Crippen LogP contribution in [0.2, 0.25) is 0 Å². The number of aromatic amines is 1. The Morgan fingerprint density at radius 3 is 2.91 bits per heavy atom. The van der Waals surface area contributed by atoms with Gasteiger partial charge in [-0.05, 0) is 24.8 Å². The number of carbonyl (C=O) groups excluding carboxylic acids is 2. The first-order valence-corrected chi connectivity index (χ1v) is 8.39. The largest absolute Gasteiger partial charge is 0.368 e. The van der Waals surface area contributed by atoms with Crippen LogP contribution in [-0.4, -0.2) is 32.7 Å². The van der Waals surface area contributed by atoms with E-state index in [2.05, 4.69) is 20.5 Å². The van der Waals surface area contributed by atoms with Crippen LogP contribution in [0.4, 0.5) is 10.9 Å². The molecule has 0 aliphatic heterocycles. The molecule has 2 heterocycles. The standard InChI is InChI=1S/C12H14N6O2S2/c13-9(20)8-5-2-1-3-6(5)22-10(8)15-7(19)4-21-12-16-11(14)17-18-12/h1-4H2,(H2,13,20)(H,15,19)(H3,14,16,17,18). The molecule has 1 aliphatic carbocycles. The SMILES string of the molecule is NC(=O)c1c(NC(=O)CSc2n[nH]c(N)n2)sc2c1CCC2. The number of hydrogen-bond acceptors (Lipinski definition) is 7. The third-order valence-corrected chi connectivity index (χ3v) is 5.29. The summed E-state index contributed by atoms with van der Waals surface area (Å²) in [5, 5.41) is 10.0. The molecule has 0 spiro atoms. The third-order valence-electron chi connectivity index (χ3n) is 3.24. The van der Waals surface area contributed by atoms with Crippen molar-refractivity contribution in [1.29, 1.82) is 0 Å². The molecule has 0 atom stereocenters. The van der Waals surface area contributed by atoms with Crippen molar-refractivity contribution in [3.63, 3.8) is 0 Å². The van der Waals surface area contributed by atoms with Crippen LogP contribution in [-0.2, 0) is 17.6 Å². The molecule has 1 aliphatic rings. The van der Waals surface area contributed by atoms with Crippen LogP contribution >= 0.6 is 23.1 Å². The van der Waals surface area contributed by atoms with E-state index in [0.29, 0.717) is 15.7 Å². The van der Waals surface area contributed by atoms with Gasteiger partial charge in [0.25, 0.3) is 5.91 Å². The van der Waals surface area contributed by atoms with E-state index < -0.39 is 5.91 Å². The van der Waals surface area contributed by atoms with Gasteiger partial charge in [0.15, 0.2) is 0 Å². The van der Waals surface area contributed by atoms with Crippen molar-refractivity contribution in [1.82, 2.24) is 15.2 Å². The number of aryl methyl sites for hydroxylation is 1. The first-order chi connectivity index (χ1) is 10.5. The van der Waals surface area contributed by atoms with Gasteiger partial charge in [0.2, 0.25) is 17.0 Å². The highest BCUT2D eigenvalue weighted by molar-refractivity contribution is 7.99. The molecule has 0 saturated carbocycles. The summed E-state index contributed by atoms with van der Waals surface area (Å²) in [6.07, 6.45) is 2.80. The summed E-state index contributed by atoms with van der Waals surface area (Å²) < 4.78 is 0. The van der Waals surface area contributed by atoms with E-state index >= 15 is 0 Å². The number of anilines is 2. The van der Waals surface area contributed by atoms with Gasteiger partial charge in [0.1, 0.15) is 5.00 Å². The molecule has 0 saturated heterocycles. The van der Waals surface area contributed by atoms with E-state index in [9.17, 15) is 9.59 Å². The summed E-state index contributed by atoms with van der Waals surface area (Å²) in [6.45, 7) is 0. The van der Waals surface area contributed by atoms with E-state index in [1.807, 2.05) is 0 Å². The zero-order chi connectivity index (χ0) is 15.7. The fourth-order valence-electron chi connectivity index (χ4n) is 2.37. The minimum atomic E-state index is -0.496. The van der Waals surface area contributed by atoms with E-state index in [1.54, 1.807) is 0 Å². The quantitative estimate of drug-likeness (QED) is 0.594. The molecular formula is C12H14N6O2S2. The Labute approximate surface area is 134 Å². The fraction of sp³-hybridized carbons (Fsp3) is 0.333. The molecule has 6 N–H and O–H groups in total. The number of nitrogens with two attached hydrogens (primary N) is 2. The van der Waals surface area contributed by atoms with E-state index in [4.69, 9.17) is 11.5 Å². The van der Waals surface area contributed by atoms with E-state index in [0.717, 1.165) is 41.5 Å². The Bertz CT molecular complexity index is 738. The predicted octanol–water partition coefficient (Wildman–Crippen LogP) is 0.767. The number of fused-ring (bicyclic) bond motifs is 1. The van der Waals surface area contributed by atoms with Gasteiger partial charge in [-0.2, -0.15) is 4.98 Å². The molecule has 3 rings (SSSR count). The second-order valence-corrected chi connectivity index (χ2v) is 6.81. The van der Waals surface area contributed by atoms with Gasteiger partial charge in [-0.15, -0.1) is 16.4 Å². The maximum atomic E-state index is 12.0. The number of H-pyrrole nitrogens is 1. The minimum Gasteiger partial charge on any atom is -0.368 e. The van der Waals surface area contributed by atoms with Gasteiger partial charge in [0, 0.05) is 4.88 Å². The summed E-state index contributed by atoms with van der Waals surface area (Å²) in [5.41, 5.74) is 12.3. The number of thiophene rings is 1. The van der Waals surface area contributed by atoms with Gasteiger partial charge in [-0.1, -0.05) is 11.8 Å². The number of carbonyl (C=O) groups is 2. The highest BCUT2D eigenvalue weighted by atomic mass is 32.2. The van der Waals surface area contributed by atoms with Crippen LogP contribution in [0.15, 0.2) is 5.16 Å². The molecule has 116 valence electrons. The maximum Gasteiger partial charge on any atom is 0.251 e. The van der Waals surface area contributed by atoms with Crippen LogP contribution < -0.4 is 16.8 Å². The van der Waals surface area contributed by atoms with Crippen molar-refractivity contribution in [2.24, 2.45) is 5.73 Å². The average molecular weight is 338 g/mol. The maximum absolute atomic E-state index is 12.0. The first-order valence-electron chi connectivity index (χ1n) is 6.59. The normalized spacial score (nSPS) is 13.1. The molecule has 2 amide bonds. The van der Waals surface area contributed by atoms with Crippen LogP contribution in [0.5, 0.6) is 0 Å². The smallest absolute Gasteiger partial charge is 0.251 e. The topological polar surface area (TPSA) is 140 Å². The number of rotatable bonds is 5. The van der Waals surface area contributed by atoms with Crippen molar-refractivity contribution in [2.45, 2.75) is 24.4 Å². The summed E-state index contributed by atoms with van der Waals surface area (Å²) >= 11 is 2.59. The average Bonchev–Trinajstić information content (AvgIpc) is 3.11. The lowest BCUT2D eigenvalue weighted by Crippen LogP contribution is -2.18. The van der Waals surface area contributed by atoms with Gasteiger partial charge >= 0.3 is 0 Å². The number of nitrogen functional groups attached to an aromatic ring is 1. The lowest BCUT2D eigenvalue weighted by Gasteiger charge is -2.05. The number of aromatic nitrogens is 3. The molecular weight excluding hydrogens is 324 g/mol. The van der Waals surface area contributed by atoms with Crippen LogP contribution in [0, 0.1) is 0 Å². The monoisotopic (exact) mass is 338 g/mol. The zero-order valence-electron chi connectivity index (χ0n) is 11.5. The van der Waals surface area contributed by atoms with E-state index in [1.165, 1.54) is 11.3 Å². The number of hydrogen-bond donors (Lipinski definition) is 4. The number of nitrogens with one attached hydrogen (secondary N) is 2. The lowest BCUT2D eigenvalue weighted by molar-refractivity contribution is -0.113. The number of primary amides is 1. The molecule has 2 aromatic rings. The number of nitrogens with zero attached hydrogens (tertiary/aromatic N) is 2. The Hall–Kier alpha value is -2.07. The molecule has 8 nitrogen and oxygen atoms in total. The van der Waals surface area contributed by atoms with Crippen LogP contribution in [0.3, 0.4) is 0 Å². The Morgan fingerprint density at radius 2 is 2.23 bits per heavy atom.